The zero-order valence-corrected chi connectivity index (χ0v) is 15.2. The quantitative estimate of drug-likeness (QED) is 0.817. The summed E-state index contributed by atoms with van der Waals surface area (Å²) in [6.07, 6.45) is 3.96. The van der Waals surface area contributed by atoms with Gasteiger partial charge >= 0.3 is 0 Å². The molecule has 1 aliphatic rings. The average molecular weight is 372 g/mol. The van der Waals surface area contributed by atoms with E-state index in [9.17, 15) is 12.8 Å². The highest BCUT2D eigenvalue weighted by atomic mass is 32.2. The lowest BCUT2D eigenvalue weighted by atomic mass is 9.86. The van der Waals surface area contributed by atoms with E-state index in [1.165, 1.54) is 23.5 Å². The molecule has 8 heteroatoms. The Balaban J connectivity index is 1.51. The maximum atomic E-state index is 13.2. The topological polar surface area (TPSA) is 71.1 Å². The van der Waals surface area contributed by atoms with Gasteiger partial charge in [0.25, 0.3) is 0 Å². The molecule has 5 nitrogen and oxygen atoms in total. The molecule has 1 aromatic carbocycles. The van der Waals surface area contributed by atoms with E-state index in [1.807, 2.05) is 0 Å². The zero-order valence-electron chi connectivity index (χ0n) is 13.6. The second-order valence-corrected chi connectivity index (χ2v) is 9.37. The maximum absolute atomic E-state index is 13.2. The molecule has 1 aliphatic carbocycles. The van der Waals surface area contributed by atoms with Gasteiger partial charge in [0.15, 0.2) is 5.13 Å². The van der Waals surface area contributed by atoms with Crippen molar-refractivity contribution in [3.8, 4) is 0 Å². The molecule has 1 fully saturated rings. The van der Waals surface area contributed by atoms with Crippen molar-refractivity contribution in [3.05, 3.63) is 24.0 Å². The summed E-state index contributed by atoms with van der Waals surface area (Å²) in [4.78, 5) is 4.50. The van der Waals surface area contributed by atoms with Crippen molar-refractivity contribution in [3.63, 3.8) is 0 Å². The van der Waals surface area contributed by atoms with Gasteiger partial charge in [0.1, 0.15) is 5.82 Å². The second-order valence-electron chi connectivity index (χ2n) is 6.24. The highest BCUT2D eigenvalue weighted by Crippen LogP contribution is 2.30. The van der Waals surface area contributed by atoms with Gasteiger partial charge in [-0.15, -0.1) is 0 Å². The second kappa shape index (κ2) is 7.33. The van der Waals surface area contributed by atoms with Crippen LogP contribution >= 0.6 is 11.3 Å². The lowest BCUT2D eigenvalue weighted by Crippen LogP contribution is -2.34. The Morgan fingerprint density at radius 3 is 2.75 bits per heavy atom. The minimum atomic E-state index is -3.10. The molecule has 0 radical (unpaired) electrons. The van der Waals surface area contributed by atoms with Crippen molar-refractivity contribution in [2.24, 2.45) is 5.92 Å². The monoisotopic (exact) mass is 371 g/mol. The van der Waals surface area contributed by atoms with Crippen LogP contribution < -0.4 is 10.0 Å². The van der Waals surface area contributed by atoms with Gasteiger partial charge in [0, 0.05) is 12.6 Å². The largest absolute Gasteiger partial charge is 0.359 e. The predicted molar refractivity (Wildman–Crippen MR) is 96.4 cm³/mol. The Morgan fingerprint density at radius 1 is 1.29 bits per heavy atom. The molecule has 2 N–H and O–H groups in total. The fraction of sp³-hybridized carbons (Fsp3) is 0.562. The first-order chi connectivity index (χ1) is 11.4. The van der Waals surface area contributed by atoms with E-state index >= 15 is 0 Å². The molecule has 132 valence electrons. The Bertz CT molecular complexity index is 799. The standard InChI is InChI=1S/C16H22FN3O2S2/c1-2-24(21,22)18-10-11-3-6-13(7-4-11)19-16-20-14-8-5-12(17)9-15(14)23-16/h5,8-9,11,13,18H,2-4,6-7,10H2,1H3,(H,19,20)/t11-,13-. The number of nitrogens with one attached hydrogen (secondary N) is 2. The summed E-state index contributed by atoms with van der Waals surface area (Å²) in [5, 5.41) is 4.26. The summed E-state index contributed by atoms with van der Waals surface area (Å²) in [6.45, 7) is 2.18. The molecule has 2 aromatic rings. The minimum absolute atomic E-state index is 0.127. The van der Waals surface area contributed by atoms with Crippen molar-refractivity contribution < 1.29 is 12.8 Å². The number of aromatic nitrogens is 1. The van der Waals surface area contributed by atoms with E-state index in [0.29, 0.717) is 18.5 Å². The van der Waals surface area contributed by atoms with Crippen LogP contribution in [0.15, 0.2) is 18.2 Å². The number of anilines is 1. The molecular formula is C16H22FN3O2S2. The fourth-order valence-electron chi connectivity index (χ4n) is 2.99. The van der Waals surface area contributed by atoms with Gasteiger partial charge in [0.2, 0.25) is 10.0 Å². The highest BCUT2D eigenvalue weighted by molar-refractivity contribution is 7.89. The summed E-state index contributed by atoms with van der Waals surface area (Å²) in [6, 6.07) is 4.97. The fourth-order valence-corrected chi connectivity index (χ4v) is 4.65. The van der Waals surface area contributed by atoms with Crippen LogP contribution in [0.1, 0.15) is 32.6 Å². The van der Waals surface area contributed by atoms with Gasteiger partial charge < -0.3 is 5.32 Å². The van der Waals surface area contributed by atoms with E-state index < -0.39 is 10.0 Å². The Morgan fingerprint density at radius 2 is 2.04 bits per heavy atom. The van der Waals surface area contributed by atoms with Gasteiger partial charge in [-0.3, -0.25) is 0 Å². The van der Waals surface area contributed by atoms with Crippen molar-refractivity contribution >= 4 is 36.7 Å². The first-order valence-electron chi connectivity index (χ1n) is 8.25. The number of hydrogen-bond acceptors (Lipinski definition) is 5. The van der Waals surface area contributed by atoms with Crippen LogP contribution in [0.5, 0.6) is 0 Å². The summed E-state index contributed by atoms with van der Waals surface area (Å²) < 4.78 is 39.8. The normalized spacial score (nSPS) is 21.9. The Kier molecular flexibility index (Phi) is 5.36. The number of fused-ring (bicyclic) bond motifs is 1. The number of hydrogen-bond donors (Lipinski definition) is 2. The molecule has 0 unspecified atom stereocenters. The molecule has 24 heavy (non-hydrogen) atoms. The van der Waals surface area contributed by atoms with E-state index in [4.69, 9.17) is 0 Å². The number of halogens is 1. The van der Waals surface area contributed by atoms with Gasteiger partial charge in [0.05, 0.1) is 16.0 Å². The Hall–Kier alpha value is -1.25. The summed E-state index contributed by atoms with van der Waals surface area (Å²) in [5.41, 5.74) is 0.812. The smallest absolute Gasteiger partial charge is 0.211 e. The van der Waals surface area contributed by atoms with Crippen LogP contribution in [0.25, 0.3) is 10.2 Å². The predicted octanol–water partition coefficient (Wildman–Crippen LogP) is 3.35. The molecular weight excluding hydrogens is 349 g/mol. The van der Waals surface area contributed by atoms with Crippen molar-refractivity contribution in [1.82, 2.24) is 9.71 Å². The van der Waals surface area contributed by atoms with Crippen LogP contribution in [0, 0.1) is 11.7 Å². The molecule has 1 aromatic heterocycles. The van der Waals surface area contributed by atoms with Crippen LogP contribution in [-0.2, 0) is 10.0 Å². The molecule has 0 spiro atoms. The summed E-state index contributed by atoms with van der Waals surface area (Å²) >= 11 is 1.47. The SMILES string of the molecule is CCS(=O)(=O)NC[C@H]1CC[C@H](Nc2nc3ccc(F)cc3s2)CC1. The van der Waals surface area contributed by atoms with Crippen LogP contribution in [0.4, 0.5) is 9.52 Å². The molecule has 0 aliphatic heterocycles. The van der Waals surface area contributed by atoms with E-state index in [0.717, 1.165) is 41.0 Å². The number of thiazole rings is 1. The lowest BCUT2D eigenvalue weighted by Gasteiger charge is -2.29. The highest BCUT2D eigenvalue weighted by Gasteiger charge is 2.23. The molecule has 0 amide bonds. The minimum Gasteiger partial charge on any atom is -0.359 e. The zero-order chi connectivity index (χ0) is 17.2. The molecule has 3 rings (SSSR count). The van der Waals surface area contributed by atoms with E-state index in [2.05, 4.69) is 15.0 Å². The number of sulfonamides is 1. The van der Waals surface area contributed by atoms with Crippen LogP contribution in [0.2, 0.25) is 0 Å². The van der Waals surface area contributed by atoms with Crippen molar-refractivity contribution in [2.75, 3.05) is 17.6 Å². The van der Waals surface area contributed by atoms with Crippen LogP contribution in [0.3, 0.4) is 0 Å². The van der Waals surface area contributed by atoms with Crippen molar-refractivity contribution in [2.45, 2.75) is 38.6 Å². The maximum Gasteiger partial charge on any atom is 0.211 e. The first kappa shape index (κ1) is 17.6. The lowest BCUT2D eigenvalue weighted by molar-refractivity contribution is 0.337. The van der Waals surface area contributed by atoms with E-state index in [1.54, 1.807) is 13.0 Å². The van der Waals surface area contributed by atoms with E-state index in [-0.39, 0.29) is 11.6 Å². The number of nitrogens with zero attached hydrogens (tertiary/aromatic N) is 1. The summed E-state index contributed by atoms with van der Waals surface area (Å²) in [5.74, 6) is 0.281. The number of rotatable bonds is 6. The third kappa shape index (κ3) is 4.43. The molecule has 1 heterocycles. The van der Waals surface area contributed by atoms with Crippen LogP contribution in [-0.4, -0.2) is 31.7 Å². The molecule has 0 atom stereocenters. The molecule has 1 saturated carbocycles. The Labute approximate surface area is 145 Å². The third-order valence-electron chi connectivity index (χ3n) is 4.50. The van der Waals surface area contributed by atoms with Gasteiger partial charge in [-0.05, 0) is 56.7 Å². The van der Waals surface area contributed by atoms with Gasteiger partial charge in [-0.25, -0.2) is 22.5 Å². The van der Waals surface area contributed by atoms with Gasteiger partial charge in [-0.1, -0.05) is 11.3 Å². The van der Waals surface area contributed by atoms with Gasteiger partial charge in [-0.2, -0.15) is 0 Å². The first-order valence-corrected chi connectivity index (χ1v) is 10.7. The summed E-state index contributed by atoms with van der Waals surface area (Å²) in [7, 11) is -3.10. The molecule has 0 saturated heterocycles. The molecule has 0 bridgehead atoms. The van der Waals surface area contributed by atoms with Crippen molar-refractivity contribution in [1.29, 1.82) is 0 Å². The third-order valence-corrected chi connectivity index (χ3v) is 6.81. The number of benzene rings is 1. The average Bonchev–Trinajstić information content (AvgIpc) is 2.95.